The minimum atomic E-state index is -0.239. The Labute approximate surface area is 111 Å². The van der Waals surface area contributed by atoms with Gasteiger partial charge in [0.15, 0.2) is 0 Å². The van der Waals surface area contributed by atoms with Gasteiger partial charge >= 0.3 is 0 Å². The molecule has 7 nitrogen and oxygen atoms in total. The molecule has 0 aliphatic carbocycles. The minimum Gasteiger partial charge on any atom is -0.345 e. The van der Waals surface area contributed by atoms with Crippen LogP contribution in [0.5, 0.6) is 0 Å². The van der Waals surface area contributed by atoms with Gasteiger partial charge in [0.25, 0.3) is 0 Å². The van der Waals surface area contributed by atoms with Crippen LogP contribution in [0.3, 0.4) is 0 Å². The molecular weight excluding hydrogens is 246 g/mol. The van der Waals surface area contributed by atoms with E-state index in [2.05, 4.69) is 20.5 Å². The second-order valence-corrected chi connectivity index (χ2v) is 4.79. The fraction of sp³-hybridized carbons (Fsp3) is 0.667. The zero-order valence-corrected chi connectivity index (χ0v) is 11.1. The molecule has 1 aromatic rings. The molecule has 1 aliphatic rings. The molecule has 0 saturated carbocycles. The van der Waals surface area contributed by atoms with E-state index in [1.807, 2.05) is 6.92 Å². The third-order valence-corrected chi connectivity index (χ3v) is 3.23. The highest BCUT2D eigenvalue weighted by molar-refractivity contribution is 5.85. The van der Waals surface area contributed by atoms with Gasteiger partial charge in [-0.1, -0.05) is 6.42 Å². The molecule has 2 amide bonds. The average molecular weight is 265 g/mol. The number of aromatic nitrogens is 3. The summed E-state index contributed by atoms with van der Waals surface area (Å²) in [6.07, 6.45) is 4.89. The molecule has 104 valence electrons. The molecule has 7 heteroatoms. The van der Waals surface area contributed by atoms with E-state index in [0.717, 1.165) is 19.3 Å². The standard InChI is InChI=1S/C12H19N5O2/c1-9(12-13-8-14-16-12)15-10(18)7-17-6-4-2-3-5-11(17)19/h8-9H,2-7H2,1H3,(H,15,18)(H,13,14,16). The van der Waals surface area contributed by atoms with Crippen molar-refractivity contribution in [3.05, 3.63) is 12.2 Å². The maximum atomic E-state index is 11.9. The van der Waals surface area contributed by atoms with Crippen LogP contribution in [0.4, 0.5) is 0 Å². The Hall–Kier alpha value is -1.92. The Bertz CT molecular complexity index is 431. The van der Waals surface area contributed by atoms with Gasteiger partial charge in [0, 0.05) is 13.0 Å². The first-order chi connectivity index (χ1) is 9.16. The molecule has 19 heavy (non-hydrogen) atoms. The highest BCUT2D eigenvalue weighted by Gasteiger charge is 2.20. The van der Waals surface area contributed by atoms with Gasteiger partial charge in [-0.05, 0) is 19.8 Å². The van der Waals surface area contributed by atoms with Crippen LogP contribution in [0, 0.1) is 0 Å². The third kappa shape index (κ3) is 3.77. The number of likely N-dealkylation sites (tertiary alicyclic amines) is 1. The number of H-pyrrole nitrogens is 1. The lowest BCUT2D eigenvalue weighted by Gasteiger charge is -2.21. The van der Waals surface area contributed by atoms with Gasteiger partial charge in [-0.25, -0.2) is 4.98 Å². The van der Waals surface area contributed by atoms with Gasteiger partial charge in [0.2, 0.25) is 11.8 Å². The van der Waals surface area contributed by atoms with E-state index >= 15 is 0 Å². The number of aromatic amines is 1. The van der Waals surface area contributed by atoms with Gasteiger partial charge in [-0.15, -0.1) is 0 Å². The van der Waals surface area contributed by atoms with Crippen LogP contribution in [0.25, 0.3) is 0 Å². The molecular formula is C12H19N5O2. The molecule has 2 rings (SSSR count). The lowest BCUT2D eigenvalue weighted by Crippen LogP contribution is -2.41. The Morgan fingerprint density at radius 2 is 2.37 bits per heavy atom. The van der Waals surface area contributed by atoms with Crippen LogP contribution in [0.1, 0.15) is 44.5 Å². The van der Waals surface area contributed by atoms with Crippen LogP contribution in [-0.2, 0) is 9.59 Å². The molecule has 1 aromatic heterocycles. The van der Waals surface area contributed by atoms with Gasteiger partial charge in [-0.2, -0.15) is 5.10 Å². The average Bonchev–Trinajstić information content (AvgIpc) is 2.83. The van der Waals surface area contributed by atoms with Crippen molar-refractivity contribution in [2.24, 2.45) is 0 Å². The van der Waals surface area contributed by atoms with Gasteiger partial charge < -0.3 is 10.2 Å². The Balaban J connectivity index is 1.84. The second kappa shape index (κ2) is 6.31. The summed E-state index contributed by atoms with van der Waals surface area (Å²) >= 11 is 0. The summed E-state index contributed by atoms with van der Waals surface area (Å²) < 4.78 is 0. The van der Waals surface area contributed by atoms with Crippen molar-refractivity contribution in [2.75, 3.05) is 13.1 Å². The Kier molecular flexibility index (Phi) is 4.48. The van der Waals surface area contributed by atoms with Crippen LogP contribution in [0.2, 0.25) is 0 Å². The molecule has 2 N–H and O–H groups in total. The van der Waals surface area contributed by atoms with E-state index in [-0.39, 0.29) is 24.4 Å². The highest BCUT2D eigenvalue weighted by atomic mass is 16.2. The van der Waals surface area contributed by atoms with Crippen molar-refractivity contribution < 1.29 is 9.59 Å². The molecule has 0 radical (unpaired) electrons. The van der Waals surface area contributed by atoms with Crippen LogP contribution < -0.4 is 5.32 Å². The lowest BCUT2D eigenvalue weighted by atomic mass is 10.2. The normalized spacial score (nSPS) is 17.9. The van der Waals surface area contributed by atoms with Crippen molar-refractivity contribution in [3.63, 3.8) is 0 Å². The maximum absolute atomic E-state index is 11.9. The predicted octanol–water partition coefficient (Wildman–Crippen LogP) is 0.384. The van der Waals surface area contributed by atoms with Crippen molar-refractivity contribution in [3.8, 4) is 0 Å². The number of hydrogen-bond acceptors (Lipinski definition) is 4. The fourth-order valence-electron chi connectivity index (χ4n) is 2.16. The SMILES string of the molecule is CC(NC(=O)CN1CCCCCC1=O)c1ncn[nH]1. The number of hydrogen-bond donors (Lipinski definition) is 2. The number of amides is 2. The molecule has 1 fully saturated rings. The summed E-state index contributed by atoms with van der Waals surface area (Å²) in [5, 5.41) is 9.25. The van der Waals surface area contributed by atoms with Crippen LogP contribution in [-0.4, -0.2) is 45.0 Å². The first kappa shape index (κ1) is 13.5. The molecule has 0 bridgehead atoms. The van der Waals surface area contributed by atoms with Crippen molar-refractivity contribution in [1.82, 2.24) is 25.4 Å². The molecule has 0 spiro atoms. The van der Waals surface area contributed by atoms with Gasteiger partial charge in [0.05, 0.1) is 12.6 Å². The van der Waals surface area contributed by atoms with E-state index in [0.29, 0.717) is 18.8 Å². The zero-order valence-electron chi connectivity index (χ0n) is 11.1. The van der Waals surface area contributed by atoms with Crippen LogP contribution >= 0.6 is 0 Å². The maximum Gasteiger partial charge on any atom is 0.240 e. The molecule has 2 heterocycles. The lowest BCUT2D eigenvalue weighted by molar-refractivity contribution is -0.135. The smallest absolute Gasteiger partial charge is 0.240 e. The Morgan fingerprint density at radius 1 is 1.53 bits per heavy atom. The van der Waals surface area contributed by atoms with E-state index in [9.17, 15) is 9.59 Å². The fourth-order valence-corrected chi connectivity index (χ4v) is 2.16. The number of nitrogens with zero attached hydrogens (tertiary/aromatic N) is 3. The van der Waals surface area contributed by atoms with Gasteiger partial charge in [-0.3, -0.25) is 14.7 Å². The third-order valence-electron chi connectivity index (χ3n) is 3.23. The molecule has 1 aliphatic heterocycles. The van der Waals surface area contributed by atoms with Crippen molar-refractivity contribution in [2.45, 2.75) is 38.6 Å². The van der Waals surface area contributed by atoms with Gasteiger partial charge in [0.1, 0.15) is 12.2 Å². The largest absolute Gasteiger partial charge is 0.345 e. The summed E-state index contributed by atoms with van der Waals surface area (Å²) in [5.41, 5.74) is 0. The first-order valence-corrected chi connectivity index (χ1v) is 6.59. The summed E-state index contributed by atoms with van der Waals surface area (Å²) in [5.74, 6) is 0.509. The first-order valence-electron chi connectivity index (χ1n) is 6.59. The highest BCUT2D eigenvalue weighted by Crippen LogP contribution is 2.11. The predicted molar refractivity (Wildman–Crippen MR) is 68.0 cm³/mol. The zero-order chi connectivity index (χ0) is 13.7. The van der Waals surface area contributed by atoms with E-state index < -0.39 is 0 Å². The second-order valence-electron chi connectivity index (χ2n) is 4.79. The van der Waals surface area contributed by atoms with Crippen molar-refractivity contribution >= 4 is 11.8 Å². The molecule has 0 aromatic carbocycles. The molecule has 1 atom stereocenters. The van der Waals surface area contributed by atoms with E-state index in [4.69, 9.17) is 0 Å². The number of carbonyl (C=O) groups excluding carboxylic acids is 2. The van der Waals surface area contributed by atoms with E-state index in [1.54, 1.807) is 4.90 Å². The summed E-state index contributed by atoms with van der Waals surface area (Å²) in [7, 11) is 0. The van der Waals surface area contributed by atoms with Crippen LogP contribution in [0.15, 0.2) is 6.33 Å². The Morgan fingerprint density at radius 3 is 3.11 bits per heavy atom. The monoisotopic (exact) mass is 265 g/mol. The number of nitrogens with one attached hydrogen (secondary N) is 2. The molecule has 1 unspecified atom stereocenters. The van der Waals surface area contributed by atoms with E-state index in [1.165, 1.54) is 6.33 Å². The summed E-state index contributed by atoms with van der Waals surface area (Å²) in [6.45, 7) is 2.61. The summed E-state index contributed by atoms with van der Waals surface area (Å²) in [4.78, 5) is 29.3. The molecule has 1 saturated heterocycles. The number of rotatable bonds is 4. The quantitative estimate of drug-likeness (QED) is 0.823. The number of carbonyl (C=O) groups is 2. The topological polar surface area (TPSA) is 91.0 Å². The summed E-state index contributed by atoms with van der Waals surface area (Å²) in [6, 6.07) is -0.239. The van der Waals surface area contributed by atoms with Crippen molar-refractivity contribution in [1.29, 1.82) is 0 Å². The minimum absolute atomic E-state index is 0.0694.